The predicted octanol–water partition coefficient (Wildman–Crippen LogP) is 3.92. The van der Waals surface area contributed by atoms with Crippen LogP contribution in [-0.4, -0.2) is 0 Å². The smallest absolute Gasteiger partial charge is 0.0453 e. The molecule has 14 heavy (non-hydrogen) atoms. The molecular weight excluding hydrogens is 194 g/mol. The summed E-state index contributed by atoms with van der Waals surface area (Å²) in [5.74, 6) is 0. The van der Waals surface area contributed by atoms with Crippen LogP contribution >= 0.6 is 11.6 Å². The van der Waals surface area contributed by atoms with Crippen molar-refractivity contribution in [1.29, 1.82) is 0 Å². The van der Waals surface area contributed by atoms with Gasteiger partial charge >= 0.3 is 0 Å². The van der Waals surface area contributed by atoms with Gasteiger partial charge in [-0.15, -0.1) is 0 Å². The first-order chi connectivity index (χ1) is 6.75. The number of benzene rings is 1. The minimum absolute atomic E-state index is 0.0928. The normalized spacial score (nSPS) is 12.8. The first kappa shape index (κ1) is 11.5. The number of halogens is 1. The largest absolute Gasteiger partial charge is 0.324 e. The van der Waals surface area contributed by atoms with Crippen molar-refractivity contribution in [2.75, 3.05) is 0 Å². The topological polar surface area (TPSA) is 26.0 Å². The minimum atomic E-state index is 0.0928. The van der Waals surface area contributed by atoms with Crippen LogP contribution in [0.2, 0.25) is 5.02 Å². The summed E-state index contributed by atoms with van der Waals surface area (Å²) in [5, 5.41) is 0.788. The van der Waals surface area contributed by atoms with Gasteiger partial charge in [-0.3, -0.25) is 0 Å². The Morgan fingerprint density at radius 3 is 2.64 bits per heavy atom. The molecule has 0 radical (unpaired) electrons. The lowest BCUT2D eigenvalue weighted by Crippen LogP contribution is -2.10. The summed E-state index contributed by atoms with van der Waals surface area (Å²) in [6, 6.07) is 7.93. The van der Waals surface area contributed by atoms with Crippen LogP contribution in [0.1, 0.15) is 44.2 Å². The number of unbranched alkanes of at least 4 members (excludes halogenated alkanes) is 2. The molecule has 78 valence electrons. The van der Waals surface area contributed by atoms with Gasteiger partial charge in [0.2, 0.25) is 0 Å². The predicted molar refractivity (Wildman–Crippen MR) is 62.5 cm³/mol. The second kappa shape index (κ2) is 6.05. The van der Waals surface area contributed by atoms with E-state index in [9.17, 15) is 0 Å². The van der Waals surface area contributed by atoms with Gasteiger partial charge in [0.05, 0.1) is 0 Å². The van der Waals surface area contributed by atoms with Crippen molar-refractivity contribution in [2.45, 2.75) is 38.6 Å². The van der Waals surface area contributed by atoms with Gasteiger partial charge in [0.15, 0.2) is 0 Å². The van der Waals surface area contributed by atoms with Gasteiger partial charge in [-0.2, -0.15) is 0 Å². The van der Waals surface area contributed by atoms with Crippen LogP contribution in [0.15, 0.2) is 24.3 Å². The van der Waals surface area contributed by atoms with E-state index in [2.05, 4.69) is 6.92 Å². The molecule has 1 atom stereocenters. The Morgan fingerprint density at radius 1 is 1.29 bits per heavy atom. The summed E-state index contributed by atoms with van der Waals surface area (Å²) >= 11 is 6.05. The van der Waals surface area contributed by atoms with Crippen molar-refractivity contribution < 1.29 is 0 Å². The summed E-state index contributed by atoms with van der Waals surface area (Å²) in [6.45, 7) is 2.20. The zero-order chi connectivity index (χ0) is 10.4. The van der Waals surface area contributed by atoms with Crippen LogP contribution in [0.25, 0.3) is 0 Å². The molecule has 0 saturated heterocycles. The maximum Gasteiger partial charge on any atom is 0.0453 e. The summed E-state index contributed by atoms with van der Waals surface area (Å²) in [6.07, 6.45) is 4.69. The zero-order valence-corrected chi connectivity index (χ0v) is 9.43. The SMILES string of the molecule is CCCCCC(N)c1ccccc1Cl. The quantitative estimate of drug-likeness (QED) is 0.735. The summed E-state index contributed by atoms with van der Waals surface area (Å²) < 4.78 is 0. The fourth-order valence-corrected chi connectivity index (χ4v) is 1.82. The Bertz CT molecular complexity index is 273. The molecule has 0 bridgehead atoms. The van der Waals surface area contributed by atoms with Crippen molar-refractivity contribution in [3.8, 4) is 0 Å². The molecule has 0 aliphatic carbocycles. The molecule has 2 heteroatoms. The van der Waals surface area contributed by atoms with E-state index in [1.165, 1.54) is 19.3 Å². The third-order valence-electron chi connectivity index (χ3n) is 2.42. The van der Waals surface area contributed by atoms with E-state index in [1.54, 1.807) is 0 Å². The van der Waals surface area contributed by atoms with Crippen LogP contribution in [0.5, 0.6) is 0 Å². The lowest BCUT2D eigenvalue weighted by molar-refractivity contribution is 0.581. The van der Waals surface area contributed by atoms with Crippen molar-refractivity contribution in [3.05, 3.63) is 34.9 Å². The number of hydrogen-bond donors (Lipinski definition) is 1. The molecule has 0 aromatic heterocycles. The van der Waals surface area contributed by atoms with Gasteiger partial charge in [-0.25, -0.2) is 0 Å². The molecule has 1 aromatic carbocycles. The molecule has 1 nitrogen and oxygen atoms in total. The van der Waals surface area contributed by atoms with E-state index >= 15 is 0 Å². The third kappa shape index (κ3) is 3.32. The monoisotopic (exact) mass is 211 g/mol. The van der Waals surface area contributed by atoms with Crippen LogP contribution in [0, 0.1) is 0 Å². The average molecular weight is 212 g/mol. The first-order valence-corrected chi connectivity index (χ1v) is 5.63. The molecule has 0 aliphatic heterocycles. The first-order valence-electron chi connectivity index (χ1n) is 5.25. The van der Waals surface area contributed by atoms with Crippen LogP contribution < -0.4 is 5.73 Å². The molecule has 0 spiro atoms. The van der Waals surface area contributed by atoms with Gasteiger partial charge in [-0.1, -0.05) is 56.0 Å². The molecule has 0 fully saturated rings. The molecule has 1 unspecified atom stereocenters. The van der Waals surface area contributed by atoms with E-state index < -0.39 is 0 Å². The number of nitrogens with two attached hydrogens (primary N) is 1. The van der Waals surface area contributed by atoms with Gasteiger partial charge in [-0.05, 0) is 18.1 Å². The molecule has 0 amide bonds. The lowest BCUT2D eigenvalue weighted by Gasteiger charge is -2.12. The molecule has 2 N–H and O–H groups in total. The summed E-state index contributed by atoms with van der Waals surface area (Å²) in [4.78, 5) is 0. The summed E-state index contributed by atoms with van der Waals surface area (Å²) in [7, 11) is 0. The standard InChI is InChI=1S/C12H18ClN/c1-2-3-4-9-12(14)10-7-5-6-8-11(10)13/h5-8,12H,2-4,9,14H2,1H3. The second-order valence-corrected chi connectivity index (χ2v) is 4.03. The van der Waals surface area contributed by atoms with Crippen molar-refractivity contribution in [1.82, 2.24) is 0 Å². The fraction of sp³-hybridized carbons (Fsp3) is 0.500. The second-order valence-electron chi connectivity index (χ2n) is 3.62. The van der Waals surface area contributed by atoms with Crippen LogP contribution in [0.4, 0.5) is 0 Å². The van der Waals surface area contributed by atoms with E-state index in [0.717, 1.165) is 17.0 Å². The summed E-state index contributed by atoms with van der Waals surface area (Å²) in [5.41, 5.74) is 7.13. The highest BCUT2D eigenvalue weighted by atomic mass is 35.5. The van der Waals surface area contributed by atoms with E-state index in [0.29, 0.717) is 0 Å². The van der Waals surface area contributed by atoms with E-state index in [-0.39, 0.29) is 6.04 Å². The molecule has 0 saturated carbocycles. The highest BCUT2D eigenvalue weighted by molar-refractivity contribution is 6.31. The van der Waals surface area contributed by atoms with Crippen LogP contribution in [-0.2, 0) is 0 Å². The van der Waals surface area contributed by atoms with Gasteiger partial charge in [0, 0.05) is 11.1 Å². The van der Waals surface area contributed by atoms with Crippen molar-refractivity contribution in [3.63, 3.8) is 0 Å². The molecule has 0 aliphatic rings. The zero-order valence-electron chi connectivity index (χ0n) is 8.67. The Balaban J connectivity index is 2.51. The van der Waals surface area contributed by atoms with Gasteiger partial charge in [0.1, 0.15) is 0 Å². The number of rotatable bonds is 5. The van der Waals surface area contributed by atoms with E-state index in [1.807, 2.05) is 24.3 Å². The Morgan fingerprint density at radius 2 is 2.00 bits per heavy atom. The highest BCUT2D eigenvalue weighted by Gasteiger charge is 2.08. The highest BCUT2D eigenvalue weighted by Crippen LogP contribution is 2.24. The van der Waals surface area contributed by atoms with Gasteiger partial charge < -0.3 is 5.73 Å². The minimum Gasteiger partial charge on any atom is -0.324 e. The van der Waals surface area contributed by atoms with E-state index in [4.69, 9.17) is 17.3 Å². The number of hydrogen-bond acceptors (Lipinski definition) is 1. The van der Waals surface area contributed by atoms with Crippen molar-refractivity contribution >= 4 is 11.6 Å². The Hall–Kier alpha value is -0.530. The van der Waals surface area contributed by atoms with Crippen LogP contribution in [0.3, 0.4) is 0 Å². The maximum absolute atomic E-state index is 6.05. The lowest BCUT2D eigenvalue weighted by atomic mass is 10.0. The third-order valence-corrected chi connectivity index (χ3v) is 2.77. The Kier molecular flexibility index (Phi) is 4.99. The maximum atomic E-state index is 6.05. The molecule has 1 rings (SSSR count). The molecule has 1 aromatic rings. The van der Waals surface area contributed by atoms with Crippen molar-refractivity contribution in [2.24, 2.45) is 5.73 Å². The molecular formula is C12H18ClN. The molecule has 0 heterocycles. The Labute approximate surface area is 91.3 Å². The average Bonchev–Trinajstić information content (AvgIpc) is 2.18. The fourth-order valence-electron chi connectivity index (χ4n) is 1.55. The van der Waals surface area contributed by atoms with Gasteiger partial charge in [0.25, 0.3) is 0 Å².